The van der Waals surface area contributed by atoms with E-state index in [1.807, 2.05) is 0 Å². The van der Waals surface area contributed by atoms with Gasteiger partial charge in [-0.2, -0.15) is 25.3 Å². The number of nitrogens with one attached hydrogen (secondary N) is 2. The van der Waals surface area contributed by atoms with Crippen LogP contribution in [0.3, 0.4) is 0 Å². The smallest absolute Gasteiger partial charge is 0.0974 e. The number of ether oxygens (including phenoxy) is 1. The van der Waals surface area contributed by atoms with E-state index in [1.165, 1.54) is 11.3 Å². The van der Waals surface area contributed by atoms with Gasteiger partial charge in [0.1, 0.15) is 0 Å². The van der Waals surface area contributed by atoms with Crippen LogP contribution in [0.4, 0.5) is 0 Å². The molecule has 1 aliphatic carbocycles. The fourth-order valence-electron chi connectivity index (χ4n) is 1.79. The molecule has 0 aliphatic heterocycles. The van der Waals surface area contributed by atoms with Crippen molar-refractivity contribution in [3.8, 4) is 0 Å². The third-order valence-electron chi connectivity index (χ3n) is 2.48. The van der Waals surface area contributed by atoms with Crippen molar-refractivity contribution >= 4 is 25.3 Å². The Labute approximate surface area is 103 Å². The van der Waals surface area contributed by atoms with Crippen molar-refractivity contribution in [1.82, 2.24) is 10.6 Å². The van der Waals surface area contributed by atoms with Crippen LogP contribution < -0.4 is 10.6 Å². The van der Waals surface area contributed by atoms with Crippen LogP contribution in [-0.2, 0) is 4.74 Å². The summed E-state index contributed by atoms with van der Waals surface area (Å²) in [5, 5.41) is 7.20. The summed E-state index contributed by atoms with van der Waals surface area (Å²) in [6.07, 6.45) is 2.07. The Balaban J connectivity index is 2.41. The maximum Gasteiger partial charge on any atom is 0.0974 e. The van der Waals surface area contributed by atoms with E-state index in [1.54, 1.807) is 7.11 Å². The molecule has 0 saturated heterocycles. The predicted molar refractivity (Wildman–Crippen MR) is 70.5 cm³/mol. The summed E-state index contributed by atoms with van der Waals surface area (Å²) in [6, 6.07) is 0. The highest BCUT2D eigenvalue weighted by Crippen LogP contribution is 2.29. The van der Waals surface area contributed by atoms with Crippen molar-refractivity contribution in [1.29, 1.82) is 0 Å². The van der Waals surface area contributed by atoms with Crippen LogP contribution >= 0.6 is 25.3 Å². The number of hydrogen-bond acceptors (Lipinski definition) is 5. The lowest BCUT2D eigenvalue weighted by molar-refractivity contribution is 0.174. The minimum absolute atomic E-state index is 0.283. The van der Waals surface area contributed by atoms with Gasteiger partial charge < -0.3 is 10.1 Å². The lowest BCUT2D eigenvalue weighted by Crippen LogP contribution is -2.35. The minimum Gasteiger partial charge on any atom is -0.375 e. The van der Waals surface area contributed by atoms with Crippen molar-refractivity contribution in [3.05, 3.63) is 11.3 Å². The molecule has 5 heteroatoms. The molecule has 0 radical (unpaired) electrons. The predicted octanol–water partition coefficient (Wildman–Crippen LogP) is 1.39. The highest BCUT2D eigenvalue weighted by Gasteiger charge is 2.22. The molecular weight excluding hydrogens is 228 g/mol. The molecule has 0 saturated carbocycles. The first kappa shape index (κ1) is 13.2. The molecule has 88 valence electrons. The Morgan fingerprint density at radius 2 is 2.20 bits per heavy atom. The summed E-state index contributed by atoms with van der Waals surface area (Å²) >= 11 is 9.07. The average Bonchev–Trinajstić information content (AvgIpc) is 2.15. The molecule has 0 amide bonds. The van der Waals surface area contributed by atoms with Crippen LogP contribution in [0.1, 0.15) is 19.8 Å². The van der Waals surface area contributed by atoms with Crippen molar-refractivity contribution in [2.45, 2.75) is 30.3 Å². The van der Waals surface area contributed by atoms with Crippen LogP contribution in [0.15, 0.2) is 11.3 Å². The Hall–Kier alpha value is 0.160. The third-order valence-corrected chi connectivity index (χ3v) is 3.34. The first-order valence-electron chi connectivity index (χ1n) is 5.14. The van der Waals surface area contributed by atoms with Crippen LogP contribution in [0.5, 0.6) is 0 Å². The SMILES string of the molecule is COCNCNC1=C(C)C[C@H](S)C[C@@H]1S. The molecule has 1 aliphatic rings. The molecule has 0 aromatic carbocycles. The first-order chi connectivity index (χ1) is 7.15. The topological polar surface area (TPSA) is 33.3 Å². The standard InChI is InChI=1S/C10H20N2OS2/c1-7-3-8(14)4-9(15)10(7)12-5-11-6-13-2/h8-9,11-12,14-15H,3-6H2,1-2H3/t8-,9-/m0/s1. The molecule has 0 bridgehead atoms. The second-order valence-corrected chi connectivity index (χ2v) is 5.19. The van der Waals surface area contributed by atoms with Crippen LogP contribution in [0, 0.1) is 0 Å². The van der Waals surface area contributed by atoms with Gasteiger partial charge in [0, 0.05) is 23.3 Å². The highest BCUT2D eigenvalue weighted by molar-refractivity contribution is 7.82. The van der Waals surface area contributed by atoms with Gasteiger partial charge in [-0.15, -0.1) is 0 Å². The van der Waals surface area contributed by atoms with Crippen LogP contribution in [0.25, 0.3) is 0 Å². The van der Waals surface area contributed by atoms with E-state index in [2.05, 4.69) is 42.8 Å². The van der Waals surface area contributed by atoms with Gasteiger partial charge in [0.25, 0.3) is 0 Å². The number of thiol groups is 2. The lowest BCUT2D eigenvalue weighted by atomic mass is 9.96. The number of rotatable bonds is 5. The van der Waals surface area contributed by atoms with E-state index < -0.39 is 0 Å². The largest absolute Gasteiger partial charge is 0.375 e. The van der Waals surface area contributed by atoms with Gasteiger partial charge in [-0.25, -0.2) is 0 Å². The second-order valence-electron chi connectivity index (χ2n) is 3.84. The number of allylic oxidation sites excluding steroid dienone is 1. The molecule has 0 heterocycles. The molecule has 2 N–H and O–H groups in total. The van der Waals surface area contributed by atoms with E-state index in [0.29, 0.717) is 12.0 Å². The summed E-state index contributed by atoms with van der Waals surface area (Å²) in [5.41, 5.74) is 2.60. The normalized spacial score (nSPS) is 26.9. The zero-order valence-electron chi connectivity index (χ0n) is 9.29. The summed E-state index contributed by atoms with van der Waals surface area (Å²) in [4.78, 5) is 0. The third kappa shape index (κ3) is 4.26. The lowest BCUT2D eigenvalue weighted by Gasteiger charge is -2.28. The molecule has 15 heavy (non-hydrogen) atoms. The van der Waals surface area contributed by atoms with E-state index >= 15 is 0 Å². The molecule has 0 spiro atoms. The molecule has 0 unspecified atom stereocenters. The Morgan fingerprint density at radius 3 is 2.80 bits per heavy atom. The fraction of sp³-hybridized carbons (Fsp3) is 0.800. The fourth-order valence-corrected chi connectivity index (χ4v) is 3.00. The molecular formula is C10H20N2OS2. The van der Waals surface area contributed by atoms with Gasteiger partial charge in [-0.05, 0) is 19.8 Å². The van der Waals surface area contributed by atoms with Gasteiger partial charge in [0.2, 0.25) is 0 Å². The van der Waals surface area contributed by atoms with Gasteiger partial charge in [-0.3, -0.25) is 5.32 Å². The zero-order valence-corrected chi connectivity index (χ0v) is 11.1. The average molecular weight is 248 g/mol. The minimum atomic E-state index is 0.283. The maximum absolute atomic E-state index is 4.90. The number of hydrogen-bond donors (Lipinski definition) is 4. The summed E-state index contributed by atoms with van der Waals surface area (Å²) < 4.78 is 4.90. The summed E-state index contributed by atoms with van der Waals surface area (Å²) in [6.45, 7) is 3.42. The Morgan fingerprint density at radius 1 is 1.47 bits per heavy atom. The van der Waals surface area contributed by atoms with Crippen LogP contribution in [0.2, 0.25) is 0 Å². The molecule has 3 nitrogen and oxygen atoms in total. The second kappa shape index (κ2) is 6.68. The molecule has 0 aromatic rings. The van der Waals surface area contributed by atoms with E-state index in [9.17, 15) is 0 Å². The van der Waals surface area contributed by atoms with Gasteiger partial charge in [0.15, 0.2) is 0 Å². The Kier molecular flexibility index (Phi) is 5.89. The van der Waals surface area contributed by atoms with Crippen molar-refractivity contribution in [3.63, 3.8) is 0 Å². The zero-order chi connectivity index (χ0) is 11.3. The maximum atomic E-state index is 4.90. The molecule has 0 fully saturated rings. The quantitative estimate of drug-likeness (QED) is 0.337. The van der Waals surface area contributed by atoms with Crippen molar-refractivity contribution in [2.24, 2.45) is 0 Å². The van der Waals surface area contributed by atoms with Gasteiger partial charge >= 0.3 is 0 Å². The van der Waals surface area contributed by atoms with Crippen molar-refractivity contribution < 1.29 is 4.74 Å². The van der Waals surface area contributed by atoms with Crippen LogP contribution in [-0.4, -0.2) is 31.0 Å². The van der Waals surface area contributed by atoms with E-state index in [0.717, 1.165) is 19.5 Å². The monoisotopic (exact) mass is 248 g/mol. The van der Waals surface area contributed by atoms with Gasteiger partial charge in [0.05, 0.1) is 13.4 Å². The van der Waals surface area contributed by atoms with E-state index in [-0.39, 0.29) is 5.25 Å². The molecule has 2 atom stereocenters. The highest BCUT2D eigenvalue weighted by atomic mass is 32.1. The first-order valence-corrected chi connectivity index (χ1v) is 6.17. The Bertz CT molecular complexity index is 233. The summed E-state index contributed by atoms with van der Waals surface area (Å²) in [7, 11) is 1.67. The van der Waals surface area contributed by atoms with Crippen molar-refractivity contribution in [2.75, 3.05) is 20.5 Å². The molecule has 0 aromatic heterocycles. The summed E-state index contributed by atoms with van der Waals surface area (Å²) in [5.74, 6) is 0. The van der Waals surface area contributed by atoms with Gasteiger partial charge in [-0.1, -0.05) is 5.57 Å². The molecule has 1 rings (SSSR count). The number of methoxy groups -OCH3 is 1. The van der Waals surface area contributed by atoms with E-state index in [4.69, 9.17) is 4.74 Å².